The highest BCUT2D eigenvalue weighted by atomic mass is 19.1. The van der Waals surface area contributed by atoms with Crippen molar-refractivity contribution in [3.63, 3.8) is 0 Å². The van der Waals surface area contributed by atoms with Crippen LogP contribution in [-0.4, -0.2) is 20.8 Å². The van der Waals surface area contributed by atoms with Crippen LogP contribution in [0.15, 0.2) is 23.0 Å². The molecule has 144 valence electrons. The molecule has 28 heavy (non-hydrogen) atoms. The van der Waals surface area contributed by atoms with E-state index in [0.717, 1.165) is 11.1 Å². The van der Waals surface area contributed by atoms with Crippen LogP contribution in [0.4, 0.5) is 14.9 Å². The molecule has 0 bridgehead atoms. The second-order valence-electron chi connectivity index (χ2n) is 6.65. The number of ether oxygens (including phenoxy) is 1. The number of hydrogen-bond donors (Lipinski definition) is 3. The Kier molecular flexibility index (Phi) is 4.04. The predicted molar refractivity (Wildman–Crippen MR) is 100 cm³/mol. The quantitative estimate of drug-likeness (QED) is 0.364. The number of hydrogen-bond acceptors (Lipinski definition) is 6. The number of rotatable bonds is 3. The smallest absolute Gasteiger partial charge is 0.450 e. The molecule has 0 fully saturated rings. The van der Waals surface area contributed by atoms with Gasteiger partial charge in [-0.25, -0.2) is 14.2 Å². The van der Waals surface area contributed by atoms with Gasteiger partial charge in [0.25, 0.3) is 5.56 Å². The van der Waals surface area contributed by atoms with Crippen molar-refractivity contribution in [3.05, 3.63) is 56.6 Å². The minimum absolute atomic E-state index is 0.000535. The standard InChI is InChI=1S/C19H17FN4O4/c1-8-2-16-17-11(6-24(16)18(25)12(8)7-28-19(26)27)10(5-21)9-3-14(22)13(20)4-15(9)23-17/h2-4H,5-7,21-22H2,1H3,(H,26,27). The summed E-state index contributed by atoms with van der Waals surface area (Å²) in [6.45, 7) is 1.77. The molecule has 8 nitrogen and oxygen atoms in total. The zero-order chi connectivity index (χ0) is 20.2. The Morgan fingerprint density at radius 3 is 2.79 bits per heavy atom. The number of aromatic nitrogens is 2. The molecular formula is C19H17FN4O4. The number of carboxylic acid groups (broad SMARTS) is 1. The van der Waals surface area contributed by atoms with Crippen molar-refractivity contribution in [2.45, 2.75) is 26.6 Å². The van der Waals surface area contributed by atoms with Gasteiger partial charge in [0.05, 0.1) is 34.7 Å². The lowest BCUT2D eigenvalue weighted by Gasteiger charge is -2.11. The summed E-state index contributed by atoms with van der Waals surface area (Å²) in [5.74, 6) is -0.573. The minimum Gasteiger partial charge on any atom is -0.450 e. The summed E-state index contributed by atoms with van der Waals surface area (Å²) in [5, 5.41) is 9.36. The van der Waals surface area contributed by atoms with Crippen molar-refractivity contribution in [2.75, 3.05) is 5.73 Å². The molecule has 0 atom stereocenters. The van der Waals surface area contributed by atoms with E-state index >= 15 is 0 Å². The average Bonchev–Trinajstić information content (AvgIpc) is 2.99. The van der Waals surface area contributed by atoms with Crippen molar-refractivity contribution in [3.8, 4) is 11.4 Å². The summed E-state index contributed by atoms with van der Waals surface area (Å²) in [6, 6.07) is 4.51. The molecule has 2 aromatic heterocycles. The van der Waals surface area contributed by atoms with Gasteiger partial charge in [-0.05, 0) is 30.2 Å². The molecular weight excluding hydrogens is 367 g/mol. The Labute approximate surface area is 158 Å². The first-order chi connectivity index (χ1) is 13.3. The summed E-state index contributed by atoms with van der Waals surface area (Å²) < 4.78 is 20.0. The SMILES string of the molecule is Cc1cc2n(c(=O)c1COC(=O)O)Cc1c-2nc2cc(F)c(N)cc2c1CN. The Morgan fingerprint density at radius 1 is 1.36 bits per heavy atom. The third-order valence-electron chi connectivity index (χ3n) is 5.05. The van der Waals surface area contributed by atoms with Crippen molar-refractivity contribution in [1.29, 1.82) is 0 Å². The van der Waals surface area contributed by atoms with Gasteiger partial charge in [-0.1, -0.05) is 0 Å². The highest BCUT2D eigenvalue weighted by Gasteiger charge is 2.27. The van der Waals surface area contributed by atoms with Crippen molar-refractivity contribution in [1.82, 2.24) is 9.55 Å². The fourth-order valence-electron chi connectivity index (χ4n) is 3.65. The lowest BCUT2D eigenvalue weighted by atomic mass is 10.00. The third kappa shape index (κ3) is 2.59. The number of halogens is 1. The number of pyridine rings is 2. The van der Waals surface area contributed by atoms with E-state index in [1.54, 1.807) is 13.0 Å². The van der Waals surface area contributed by atoms with E-state index in [1.807, 2.05) is 0 Å². The van der Waals surface area contributed by atoms with E-state index in [-0.39, 0.29) is 36.5 Å². The number of nitrogen functional groups attached to an aromatic ring is 1. The van der Waals surface area contributed by atoms with E-state index in [1.165, 1.54) is 16.7 Å². The zero-order valence-electron chi connectivity index (χ0n) is 15.0. The number of fused-ring (bicyclic) bond motifs is 4. The number of aryl methyl sites for hydroxylation is 1. The summed E-state index contributed by atoms with van der Waals surface area (Å²) in [4.78, 5) is 28.2. The molecule has 0 amide bonds. The summed E-state index contributed by atoms with van der Waals surface area (Å²) in [6.07, 6.45) is -1.45. The van der Waals surface area contributed by atoms with E-state index < -0.39 is 12.0 Å². The first-order valence-corrected chi connectivity index (χ1v) is 8.51. The van der Waals surface area contributed by atoms with Gasteiger partial charge in [0.1, 0.15) is 12.4 Å². The molecule has 0 saturated heterocycles. The number of benzene rings is 1. The molecule has 0 unspecified atom stereocenters. The molecule has 4 rings (SSSR count). The van der Waals surface area contributed by atoms with Gasteiger partial charge in [0.2, 0.25) is 0 Å². The van der Waals surface area contributed by atoms with Crippen molar-refractivity contribution >= 4 is 22.7 Å². The second-order valence-corrected chi connectivity index (χ2v) is 6.65. The molecule has 3 heterocycles. The number of nitrogens with two attached hydrogens (primary N) is 2. The van der Waals surface area contributed by atoms with Gasteiger partial charge in [-0.15, -0.1) is 0 Å². The van der Waals surface area contributed by atoms with Gasteiger partial charge >= 0.3 is 6.16 Å². The van der Waals surface area contributed by atoms with E-state index in [2.05, 4.69) is 9.72 Å². The van der Waals surface area contributed by atoms with Gasteiger partial charge in [-0.3, -0.25) is 4.79 Å². The van der Waals surface area contributed by atoms with Crippen LogP contribution in [0.25, 0.3) is 22.3 Å². The normalized spacial score (nSPS) is 12.1. The highest BCUT2D eigenvalue weighted by molar-refractivity contribution is 5.90. The fourth-order valence-corrected chi connectivity index (χ4v) is 3.65. The molecule has 1 aliphatic heterocycles. The van der Waals surface area contributed by atoms with Crippen LogP contribution in [0, 0.1) is 12.7 Å². The van der Waals surface area contributed by atoms with Gasteiger partial charge < -0.3 is 25.9 Å². The average molecular weight is 384 g/mol. The molecule has 5 N–H and O–H groups in total. The van der Waals surface area contributed by atoms with Crippen LogP contribution < -0.4 is 17.0 Å². The number of carbonyl (C=O) groups is 1. The van der Waals surface area contributed by atoms with Gasteiger partial charge in [0, 0.05) is 23.6 Å². The summed E-state index contributed by atoms with van der Waals surface area (Å²) in [7, 11) is 0. The second kappa shape index (κ2) is 6.31. The van der Waals surface area contributed by atoms with Crippen LogP contribution in [0.3, 0.4) is 0 Å². The number of anilines is 1. The van der Waals surface area contributed by atoms with E-state index in [0.29, 0.717) is 27.9 Å². The molecule has 1 aromatic carbocycles. The van der Waals surface area contributed by atoms with E-state index in [9.17, 15) is 14.0 Å². The zero-order valence-corrected chi connectivity index (χ0v) is 15.0. The lowest BCUT2D eigenvalue weighted by Crippen LogP contribution is -2.25. The first kappa shape index (κ1) is 17.9. The van der Waals surface area contributed by atoms with Crippen LogP contribution in [-0.2, 0) is 24.4 Å². The Balaban J connectivity index is 1.95. The molecule has 0 radical (unpaired) electrons. The van der Waals surface area contributed by atoms with E-state index in [4.69, 9.17) is 16.6 Å². The van der Waals surface area contributed by atoms with Gasteiger partial charge in [0.15, 0.2) is 0 Å². The lowest BCUT2D eigenvalue weighted by molar-refractivity contribution is 0.0848. The molecule has 3 aromatic rings. The maximum Gasteiger partial charge on any atom is 0.506 e. The Hall–Kier alpha value is -3.46. The van der Waals surface area contributed by atoms with Crippen LogP contribution in [0.5, 0.6) is 0 Å². The molecule has 0 saturated carbocycles. The van der Waals surface area contributed by atoms with Crippen LogP contribution >= 0.6 is 0 Å². The molecule has 1 aliphatic rings. The Bertz CT molecular complexity index is 1220. The maximum atomic E-state index is 13.9. The van der Waals surface area contributed by atoms with Crippen molar-refractivity contribution < 1.29 is 19.0 Å². The monoisotopic (exact) mass is 384 g/mol. The fraction of sp³-hybridized carbons (Fsp3) is 0.211. The number of nitrogens with zero attached hydrogens (tertiary/aromatic N) is 2. The Morgan fingerprint density at radius 2 is 2.11 bits per heavy atom. The highest BCUT2D eigenvalue weighted by Crippen LogP contribution is 2.36. The molecule has 0 aliphatic carbocycles. The topological polar surface area (TPSA) is 133 Å². The summed E-state index contributed by atoms with van der Waals surface area (Å²) >= 11 is 0. The third-order valence-corrected chi connectivity index (χ3v) is 5.05. The largest absolute Gasteiger partial charge is 0.506 e. The van der Waals surface area contributed by atoms with Crippen molar-refractivity contribution in [2.24, 2.45) is 5.73 Å². The van der Waals surface area contributed by atoms with Crippen LogP contribution in [0.2, 0.25) is 0 Å². The summed E-state index contributed by atoms with van der Waals surface area (Å²) in [5.41, 5.74) is 15.2. The van der Waals surface area contributed by atoms with Gasteiger partial charge in [-0.2, -0.15) is 0 Å². The van der Waals surface area contributed by atoms with Crippen LogP contribution in [0.1, 0.15) is 22.3 Å². The minimum atomic E-state index is -1.45. The maximum absolute atomic E-state index is 13.9. The molecule has 9 heteroatoms. The first-order valence-electron chi connectivity index (χ1n) is 8.51. The molecule has 0 spiro atoms. The predicted octanol–water partition coefficient (Wildman–Crippen LogP) is 2.11.